The van der Waals surface area contributed by atoms with Gasteiger partial charge >= 0.3 is 7.82 Å². The molecular formula is C62H118N2O6P+. The smallest absolute Gasteiger partial charge is 0.391 e. The van der Waals surface area contributed by atoms with E-state index in [2.05, 4.69) is 79.9 Å². The first-order chi connectivity index (χ1) is 34.5. The number of quaternary nitrogens is 1. The van der Waals surface area contributed by atoms with Crippen LogP contribution in [0.15, 0.2) is 60.8 Å². The Kier molecular flexibility index (Phi) is 51.7. The van der Waals surface area contributed by atoms with Crippen molar-refractivity contribution in [3.8, 4) is 0 Å². The van der Waals surface area contributed by atoms with E-state index in [9.17, 15) is 19.4 Å². The van der Waals surface area contributed by atoms with Gasteiger partial charge < -0.3 is 19.8 Å². The van der Waals surface area contributed by atoms with Gasteiger partial charge in [0.2, 0.25) is 5.91 Å². The highest BCUT2D eigenvalue weighted by molar-refractivity contribution is 7.47. The zero-order chi connectivity index (χ0) is 52.0. The van der Waals surface area contributed by atoms with Crippen LogP contribution in [-0.4, -0.2) is 73.4 Å². The van der Waals surface area contributed by atoms with Crippen molar-refractivity contribution in [2.24, 2.45) is 0 Å². The highest BCUT2D eigenvalue weighted by Gasteiger charge is 2.28. The number of nitrogens with zero attached hydrogens (tertiary/aromatic N) is 1. The normalized spacial score (nSPS) is 14.3. The largest absolute Gasteiger partial charge is 0.472 e. The number of unbranched alkanes of at least 4 members (excludes halogenated alkanes) is 32. The van der Waals surface area contributed by atoms with Crippen LogP contribution in [0, 0.1) is 0 Å². The number of amides is 1. The Morgan fingerprint density at radius 1 is 0.493 bits per heavy atom. The fraction of sp³-hybridized carbons (Fsp3) is 0.823. The number of hydrogen-bond acceptors (Lipinski definition) is 5. The summed E-state index contributed by atoms with van der Waals surface area (Å²) in [7, 11) is 1.62. The number of allylic oxidation sites excluding steroid dienone is 10. The number of nitrogens with one attached hydrogen (secondary N) is 1. The summed E-state index contributed by atoms with van der Waals surface area (Å²) in [6.07, 6.45) is 71.4. The minimum atomic E-state index is -4.32. The number of aliphatic hydroxyl groups is 1. The molecule has 0 aromatic rings. The predicted molar refractivity (Wildman–Crippen MR) is 309 cm³/mol. The first-order valence-corrected chi connectivity index (χ1v) is 31.6. The lowest BCUT2D eigenvalue weighted by Crippen LogP contribution is -2.46. The molecule has 0 saturated carbocycles. The van der Waals surface area contributed by atoms with E-state index in [1.807, 2.05) is 21.1 Å². The highest BCUT2D eigenvalue weighted by Crippen LogP contribution is 2.43. The van der Waals surface area contributed by atoms with Gasteiger partial charge in [-0.1, -0.05) is 274 Å². The molecule has 3 atom stereocenters. The zero-order valence-corrected chi connectivity index (χ0v) is 48.4. The van der Waals surface area contributed by atoms with Crippen LogP contribution in [0.1, 0.15) is 277 Å². The van der Waals surface area contributed by atoms with Crippen LogP contribution in [-0.2, 0) is 18.4 Å². The fourth-order valence-corrected chi connectivity index (χ4v) is 9.58. The van der Waals surface area contributed by atoms with Crippen molar-refractivity contribution < 1.29 is 32.9 Å². The van der Waals surface area contributed by atoms with Crippen molar-refractivity contribution in [2.75, 3.05) is 40.9 Å². The third-order valence-corrected chi connectivity index (χ3v) is 14.5. The second kappa shape index (κ2) is 53.0. The molecule has 0 bridgehead atoms. The third-order valence-electron chi connectivity index (χ3n) is 13.5. The second-order valence-corrected chi connectivity index (χ2v) is 23.2. The van der Waals surface area contributed by atoms with Crippen molar-refractivity contribution in [1.29, 1.82) is 0 Å². The molecule has 416 valence electrons. The van der Waals surface area contributed by atoms with E-state index in [1.165, 1.54) is 180 Å². The number of phosphoric ester groups is 1. The van der Waals surface area contributed by atoms with Gasteiger partial charge in [-0.05, 0) is 57.8 Å². The van der Waals surface area contributed by atoms with Gasteiger partial charge in [-0.15, -0.1) is 0 Å². The van der Waals surface area contributed by atoms with E-state index in [4.69, 9.17) is 9.05 Å². The quantitative estimate of drug-likeness (QED) is 0.0243. The molecule has 0 aliphatic heterocycles. The molecule has 8 nitrogen and oxygen atoms in total. The zero-order valence-electron chi connectivity index (χ0n) is 47.5. The number of carbonyl (C=O) groups excluding carboxylic acids is 1. The number of carbonyl (C=O) groups is 1. The van der Waals surface area contributed by atoms with E-state index in [-0.39, 0.29) is 19.1 Å². The van der Waals surface area contributed by atoms with Gasteiger partial charge in [0.25, 0.3) is 0 Å². The maximum absolute atomic E-state index is 13.0. The first-order valence-electron chi connectivity index (χ1n) is 30.2. The lowest BCUT2D eigenvalue weighted by molar-refractivity contribution is -0.870. The number of aliphatic hydroxyl groups excluding tert-OH is 1. The molecule has 0 saturated heterocycles. The number of likely N-dealkylation sites (N-methyl/N-ethyl adjacent to an activating group) is 1. The summed E-state index contributed by atoms with van der Waals surface area (Å²) in [5.41, 5.74) is 0. The van der Waals surface area contributed by atoms with Crippen LogP contribution >= 0.6 is 7.82 Å². The SMILES string of the molecule is CC/C=C\C/C=C\C/C=C\C/C=C\C/C=C\CCCCCCCCCCCCCCCCCCCC(=O)NC(COP(=O)(O)OCC[N+](C)(C)C)C(O)CCCCCCCCCCCCCCCCCC. The molecule has 0 spiro atoms. The van der Waals surface area contributed by atoms with Gasteiger partial charge in [-0.2, -0.15) is 0 Å². The average Bonchev–Trinajstić information content (AvgIpc) is 3.33. The molecule has 9 heteroatoms. The van der Waals surface area contributed by atoms with E-state index in [0.29, 0.717) is 23.9 Å². The van der Waals surface area contributed by atoms with Crippen LogP contribution < -0.4 is 5.32 Å². The predicted octanol–water partition coefficient (Wildman–Crippen LogP) is 18.5. The molecule has 0 radical (unpaired) electrons. The monoisotopic (exact) mass is 1020 g/mol. The van der Waals surface area contributed by atoms with Crippen LogP contribution in [0.2, 0.25) is 0 Å². The molecule has 0 aliphatic carbocycles. The lowest BCUT2D eigenvalue weighted by Gasteiger charge is -2.26. The van der Waals surface area contributed by atoms with Crippen LogP contribution in [0.4, 0.5) is 0 Å². The molecule has 0 rings (SSSR count). The Balaban J connectivity index is 4.03. The Morgan fingerprint density at radius 2 is 0.845 bits per heavy atom. The van der Waals surface area contributed by atoms with Crippen molar-refractivity contribution in [3.05, 3.63) is 60.8 Å². The van der Waals surface area contributed by atoms with E-state index >= 15 is 0 Å². The Bertz CT molecular complexity index is 1340. The Hall–Kier alpha value is -1.80. The van der Waals surface area contributed by atoms with Gasteiger partial charge in [-0.25, -0.2) is 4.57 Å². The highest BCUT2D eigenvalue weighted by atomic mass is 31.2. The van der Waals surface area contributed by atoms with E-state index in [0.717, 1.165) is 70.6 Å². The number of phosphoric acid groups is 1. The second-order valence-electron chi connectivity index (χ2n) is 21.7. The van der Waals surface area contributed by atoms with Gasteiger partial charge in [0.1, 0.15) is 13.2 Å². The van der Waals surface area contributed by atoms with Gasteiger partial charge in [0.15, 0.2) is 0 Å². The molecule has 0 aromatic carbocycles. The van der Waals surface area contributed by atoms with Crippen molar-refractivity contribution in [3.63, 3.8) is 0 Å². The van der Waals surface area contributed by atoms with Gasteiger partial charge in [0.05, 0.1) is 39.9 Å². The molecule has 3 unspecified atom stereocenters. The van der Waals surface area contributed by atoms with E-state index < -0.39 is 20.0 Å². The summed E-state index contributed by atoms with van der Waals surface area (Å²) in [4.78, 5) is 23.3. The van der Waals surface area contributed by atoms with Gasteiger partial charge in [0, 0.05) is 6.42 Å². The maximum atomic E-state index is 13.0. The standard InChI is InChI=1S/C62H117N2O6P/c1-6-8-10-12-14-16-18-20-22-24-25-26-27-28-29-30-31-32-33-34-35-36-37-38-39-40-42-44-46-48-50-52-54-56-62(66)63-60(59-70-71(67,68)69-58-57-64(3,4)5)61(65)55-53-51-49-47-45-43-41-23-21-19-17-15-13-11-9-7-2/h8,10,14,16,20,22,25-26,28-29,60-61,65H,6-7,9,11-13,15,17-19,21,23-24,27,30-59H2,1-5H3,(H-,63,66,67,68)/p+1/b10-8-,16-14-,22-20-,26-25-,29-28-. The van der Waals surface area contributed by atoms with Crippen molar-refractivity contribution >= 4 is 13.7 Å². The summed E-state index contributed by atoms with van der Waals surface area (Å²) in [5, 5.41) is 14.1. The third kappa shape index (κ3) is 55.8. The first kappa shape index (κ1) is 69.2. The van der Waals surface area contributed by atoms with Gasteiger partial charge in [-0.3, -0.25) is 13.8 Å². The Labute approximate surface area is 441 Å². The van der Waals surface area contributed by atoms with Crippen LogP contribution in [0.3, 0.4) is 0 Å². The molecule has 1 amide bonds. The fourth-order valence-electron chi connectivity index (χ4n) is 8.84. The average molecular weight is 1020 g/mol. The molecular weight excluding hydrogens is 900 g/mol. The molecule has 0 aliphatic rings. The Morgan fingerprint density at radius 3 is 1.24 bits per heavy atom. The topological polar surface area (TPSA) is 105 Å². The molecule has 71 heavy (non-hydrogen) atoms. The lowest BCUT2D eigenvalue weighted by atomic mass is 10.0. The summed E-state index contributed by atoms with van der Waals surface area (Å²) in [6, 6.07) is -0.761. The van der Waals surface area contributed by atoms with Crippen molar-refractivity contribution in [2.45, 2.75) is 289 Å². The number of rotatable bonds is 55. The molecule has 3 N–H and O–H groups in total. The van der Waals surface area contributed by atoms with Crippen molar-refractivity contribution in [1.82, 2.24) is 5.32 Å². The molecule has 0 heterocycles. The minimum absolute atomic E-state index is 0.0747. The summed E-state index contributed by atoms with van der Waals surface area (Å²) >= 11 is 0. The minimum Gasteiger partial charge on any atom is -0.391 e. The summed E-state index contributed by atoms with van der Waals surface area (Å²) in [5.74, 6) is -0.142. The summed E-state index contributed by atoms with van der Waals surface area (Å²) in [6.45, 7) is 4.80. The molecule has 0 aromatic heterocycles. The van der Waals surface area contributed by atoms with E-state index in [1.54, 1.807) is 0 Å². The van der Waals surface area contributed by atoms with Crippen LogP contribution in [0.5, 0.6) is 0 Å². The summed E-state index contributed by atoms with van der Waals surface area (Å²) < 4.78 is 23.8. The molecule has 0 fully saturated rings. The maximum Gasteiger partial charge on any atom is 0.472 e. The number of hydrogen-bond donors (Lipinski definition) is 3. The van der Waals surface area contributed by atoms with Crippen LogP contribution in [0.25, 0.3) is 0 Å².